The summed E-state index contributed by atoms with van der Waals surface area (Å²) in [5.41, 5.74) is 1.42. The maximum Gasteiger partial charge on any atom is 0.317 e. The van der Waals surface area contributed by atoms with Gasteiger partial charge in [-0.2, -0.15) is 5.10 Å². The Morgan fingerprint density at radius 2 is 2.22 bits per heavy atom. The van der Waals surface area contributed by atoms with Gasteiger partial charge in [0.25, 0.3) is 0 Å². The molecule has 2 fully saturated rings. The average Bonchev–Trinajstić information content (AvgIpc) is 3.15. The van der Waals surface area contributed by atoms with Crippen LogP contribution in [0.2, 0.25) is 0 Å². The van der Waals surface area contributed by atoms with Crippen molar-refractivity contribution in [2.24, 2.45) is 0 Å². The molecule has 1 atom stereocenters. The zero-order valence-electron chi connectivity index (χ0n) is 14.8. The molecule has 142 valence electrons. The number of nitrogens with one attached hydrogen (secondary N) is 2. The van der Waals surface area contributed by atoms with Gasteiger partial charge in [0, 0.05) is 51.0 Å². The van der Waals surface area contributed by atoms with Crippen molar-refractivity contribution in [2.75, 3.05) is 32.7 Å². The van der Waals surface area contributed by atoms with E-state index < -0.39 is 0 Å². The number of urea groups is 1. The maximum atomic E-state index is 13.3. The van der Waals surface area contributed by atoms with Crippen LogP contribution in [0.5, 0.6) is 0 Å². The molecule has 3 heterocycles. The third-order valence-corrected chi connectivity index (χ3v) is 4.93. The van der Waals surface area contributed by atoms with Gasteiger partial charge in [-0.1, -0.05) is 6.07 Å². The lowest BCUT2D eigenvalue weighted by Crippen LogP contribution is -2.65. The molecular formula is C18H21FN6O2. The molecule has 2 aliphatic heterocycles. The minimum atomic E-state index is -0.330. The van der Waals surface area contributed by atoms with Crippen LogP contribution in [0.4, 0.5) is 9.18 Å². The summed E-state index contributed by atoms with van der Waals surface area (Å²) >= 11 is 0. The van der Waals surface area contributed by atoms with Crippen molar-refractivity contribution >= 4 is 11.9 Å². The van der Waals surface area contributed by atoms with E-state index in [1.165, 1.54) is 12.1 Å². The summed E-state index contributed by atoms with van der Waals surface area (Å²) < 4.78 is 14.9. The smallest absolute Gasteiger partial charge is 0.317 e. The Morgan fingerprint density at radius 3 is 3.07 bits per heavy atom. The van der Waals surface area contributed by atoms with Crippen molar-refractivity contribution in [1.29, 1.82) is 0 Å². The van der Waals surface area contributed by atoms with E-state index in [2.05, 4.69) is 20.6 Å². The quantitative estimate of drug-likeness (QED) is 0.814. The summed E-state index contributed by atoms with van der Waals surface area (Å²) in [6, 6.07) is 5.67. The molecule has 9 heteroatoms. The number of rotatable bonds is 3. The van der Waals surface area contributed by atoms with Gasteiger partial charge >= 0.3 is 6.03 Å². The molecule has 2 aliphatic rings. The van der Waals surface area contributed by atoms with E-state index >= 15 is 0 Å². The number of amides is 3. The second kappa shape index (κ2) is 7.36. The van der Waals surface area contributed by atoms with Crippen LogP contribution in [0.15, 0.2) is 36.7 Å². The number of benzene rings is 1. The van der Waals surface area contributed by atoms with Crippen LogP contribution in [-0.4, -0.2) is 70.3 Å². The van der Waals surface area contributed by atoms with Gasteiger partial charge in [0.2, 0.25) is 5.91 Å². The molecule has 3 amide bonds. The molecule has 8 nitrogen and oxygen atoms in total. The van der Waals surface area contributed by atoms with Crippen molar-refractivity contribution in [3.05, 3.63) is 48.0 Å². The minimum Gasteiger partial charge on any atom is -0.353 e. The van der Waals surface area contributed by atoms with Gasteiger partial charge in [0.05, 0.1) is 11.9 Å². The highest BCUT2D eigenvalue weighted by atomic mass is 19.1. The molecule has 4 rings (SSSR count). The molecule has 27 heavy (non-hydrogen) atoms. The zero-order valence-corrected chi connectivity index (χ0v) is 14.8. The lowest BCUT2D eigenvalue weighted by molar-refractivity contribution is -0.131. The Balaban J connectivity index is 1.34. The number of hydrogen-bond donors (Lipinski definition) is 2. The average molecular weight is 372 g/mol. The van der Waals surface area contributed by atoms with Gasteiger partial charge in [0.1, 0.15) is 11.9 Å². The van der Waals surface area contributed by atoms with Crippen molar-refractivity contribution in [3.8, 4) is 5.69 Å². The summed E-state index contributed by atoms with van der Waals surface area (Å²) in [5, 5.41) is 9.92. The fraction of sp³-hybridized carbons (Fsp3) is 0.389. The highest BCUT2D eigenvalue weighted by Gasteiger charge is 2.36. The molecule has 2 saturated heterocycles. The highest BCUT2D eigenvalue weighted by Crippen LogP contribution is 2.13. The van der Waals surface area contributed by atoms with Crippen LogP contribution in [0.25, 0.3) is 5.69 Å². The standard InChI is InChI=1S/C18H21FN6O2/c19-14-2-1-3-15(8-14)25-11-13(10-22-25)9-21-18(27)24-7-6-23-5-4-20-17(26)16(23)12-24/h1-3,8,10-11,16H,4-7,9,12H2,(H,20,26)(H,21,27)/t16-/m0/s1. The minimum absolute atomic E-state index is 0.0184. The van der Waals surface area contributed by atoms with E-state index in [-0.39, 0.29) is 23.8 Å². The number of carbonyl (C=O) groups excluding carboxylic acids is 2. The summed E-state index contributed by atoms with van der Waals surface area (Å²) in [7, 11) is 0. The molecule has 2 aromatic rings. The van der Waals surface area contributed by atoms with Gasteiger partial charge < -0.3 is 15.5 Å². The van der Waals surface area contributed by atoms with Crippen LogP contribution in [0.1, 0.15) is 5.56 Å². The third-order valence-electron chi connectivity index (χ3n) is 4.93. The zero-order chi connectivity index (χ0) is 18.8. The summed E-state index contributed by atoms with van der Waals surface area (Å²) in [5.74, 6) is -0.348. The predicted octanol–water partition coefficient (Wildman–Crippen LogP) is 0.337. The van der Waals surface area contributed by atoms with Gasteiger partial charge in [-0.05, 0) is 18.2 Å². The van der Waals surface area contributed by atoms with Crippen LogP contribution >= 0.6 is 0 Å². The summed E-state index contributed by atoms with van der Waals surface area (Å²) in [4.78, 5) is 28.2. The molecule has 0 bridgehead atoms. The van der Waals surface area contributed by atoms with Gasteiger partial charge in [-0.15, -0.1) is 0 Å². The molecule has 0 radical (unpaired) electrons. The molecule has 2 N–H and O–H groups in total. The Labute approximate surface area is 155 Å². The van der Waals surface area contributed by atoms with E-state index in [1.807, 2.05) is 0 Å². The normalized spacial score (nSPS) is 20.1. The third kappa shape index (κ3) is 3.77. The highest BCUT2D eigenvalue weighted by molar-refractivity contribution is 5.84. The van der Waals surface area contributed by atoms with Crippen molar-refractivity contribution in [3.63, 3.8) is 0 Å². The number of fused-ring (bicyclic) bond motifs is 1. The van der Waals surface area contributed by atoms with Crippen LogP contribution < -0.4 is 10.6 Å². The fourth-order valence-corrected chi connectivity index (χ4v) is 3.46. The van der Waals surface area contributed by atoms with E-state index in [9.17, 15) is 14.0 Å². The molecule has 1 aromatic carbocycles. The predicted molar refractivity (Wildman–Crippen MR) is 95.7 cm³/mol. The van der Waals surface area contributed by atoms with E-state index in [0.717, 1.165) is 12.1 Å². The molecule has 0 saturated carbocycles. The topological polar surface area (TPSA) is 82.5 Å². The van der Waals surface area contributed by atoms with Gasteiger partial charge in [0.15, 0.2) is 0 Å². The van der Waals surface area contributed by atoms with Crippen LogP contribution in [0.3, 0.4) is 0 Å². The lowest BCUT2D eigenvalue weighted by Gasteiger charge is -2.42. The number of carbonyl (C=O) groups is 2. The number of nitrogens with zero attached hydrogens (tertiary/aromatic N) is 4. The molecule has 0 aliphatic carbocycles. The van der Waals surface area contributed by atoms with Crippen molar-refractivity contribution in [2.45, 2.75) is 12.6 Å². The van der Waals surface area contributed by atoms with E-state index in [0.29, 0.717) is 38.4 Å². The Hall–Kier alpha value is -2.94. The molecule has 0 unspecified atom stereocenters. The first-order valence-corrected chi connectivity index (χ1v) is 8.94. The molecule has 1 aromatic heterocycles. The maximum absolute atomic E-state index is 13.3. The first kappa shape index (κ1) is 17.5. The monoisotopic (exact) mass is 372 g/mol. The first-order chi connectivity index (χ1) is 13.1. The number of aromatic nitrogens is 2. The molecular weight excluding hydrogens is 351 g/mol. The summed E-state index contributed by atoms with van der Waals surface area (Å²) in [6.07, 6.45) is 3.39. The van der Waals surface area contributed by atoms with Gasteiger partial charge in [-0.3, -0.25) is 9.69 Å². The summed E-state index contributed by atoms with van der Waals surface area (Å²) in [6.45, 7) is 3.48. The lowest BCUT2D eigenvalue weighted by atomic mass is 10.1. The van der Waals surface area contributed by atoms with Crippen LogP contribution in [-0.2, 0) is 11.3 Å². The Kier molecular flexibility index (Phi) is 4.76. The number of hydrogen-bond acceptors (Lipinski definition) is 4. The van der Waals surface area contributed by atoms with Crippen molar-refractivity contribution < 1.29 is 14.0 Å². The first-order valence-electron chi connectivity index (χ1n) is 8.94. The second-order valence-corrected chi connectivity index (χ2v) is 6.72. The number of halogens is 1. The fourth-order valence-electron chi connectivity index (χ4n) is 3.46. The van der Waals surface area contributed by atoms with E-state index in [4.69, 9.17) is 0 Å². The van der Waals surface area contributed by atoms with E-state index in [1.54, 1.807) is 34.1 Å². The largest absolute Gasteiger partial charge is 0.353 e. The SMILES string of the molecule is O=C1NCCN2CCN(C(=O)NCc3cnn(-c4cccc(F)c4)c3)C[C@@H]12. The van der Waals surface area contributed by atoms with Crippen LogP contribution in [0, 0.1) is 5.82 Å². The van der Waals surface area contributed by atoms with Crippen molar-refractivity contribution in [1.82, 2.24) is 30.2 Å². The molecule has 0 spiro atoms. The Morgan fingerprint density at radius 1 is 1.33 bits per heavy atom. The number of piperazine rings is 2. The second-order valence-electron chi connectivity index (χ2n) is 6.72. The Bertz CT molecular complexity index is 854. The van der Waals surface area contributed by atoms with Gasteiger partial charge in [-0.25, -0.2) is 13.9 Å².